The van der Waals surface area contributed by atoms with Crippen LogP contribution < -0.4 is 5.32 Å². The largest absolute Gasteiger partial charge is 0.372 e. The molecule has 8 heteroatoms. The van der Waals surface area contributed by atoms with Gasteiger partial charge in [-0.05, 0) is 30.3 Å². The fourth-order valence-corrected chi connectivity index (χ4v) is 2.98. The summed E-state index contributed by atoms with van der Waals surface area (Å²) in [5.74, 6) is -0.632. The zero-order valence-electron chi connectivity index (χ0n) is 14.0. The van der Waals surface area contributed by atoms with Gasteiger partial charge in [0.15, 0.2) is 5.82 Å². The molecule has 0 aliphatic rings. The van der Waals surface area contributed by atoms with E-state index in [1.54, 1.807) is 13.1 Å². The highest BCUT2D eigenvalue weighted by atomic mass is 35.5. The van der Waals surface area contributed by atoms with Crippen molar-refractivity contribution in [2.45, 2.75) is 0 Å². The van der Waals surface area contributed by atoms with E-state index in [1.165, 1.54) is 42.9 Å². The Labute approximate surface area is 158 Å². The zero-order chi connectivity index (χ0) is 19.0. The highest BCUT2D eigenvalue weighted by molar-refractivity contribution is 6.30. The van der Waals surface area contributed by atoms with Gasteiger partial charge in [0.05, 0.1) is 17.1 Å². The lowest BCUT2D eigenvalue weighted by Gasteiger charge is -2.12. The number of hydrogen-bond acceptors (Lipinski definition) is 5. The lowest BCUT2D eigenvalue weighted by molar-refractivity contribution is 0.621. The van der Waals surface area contributed by atoms with Gasteiger partial charge in [-0.1, -0.05) is 11.6 Å². The van der Waals surface area contributed by atoms with Crippen LogP contribution in [0.3, 0.4) is 0 Å². The number of nitrogens with one attached hydrogen (secondary N) is 1. The van der Waals surface area contributed by atoms with Gasteiger partial charge in [0.2, 0.25) is 0 Å². The van der Waals surface area contributed by atoms with Gasteiger partial charge >= 0.3 is 0 Å². The van der Waals surface area contributed by atoms with E-state index in [0.29, 0.717) is 22.1 Å². The fraction of sp³-hybridized carbons (Fsp3) is 0.0526. The maximum absolute atomic E-state index is 15.3. The number of benzene rings is 2. The summed E-state index contributed by atoms with van der Waals surface area (Å²) in [6.45, 7) is 0. The topological polar surface area (TPSA) is 63.6 Å². The van der Waals surface area contributed by atoms with Crippen molar-refractivity contribution in [1.29, 1.82) is 0 Å². The molecule has 2 aromatic carbocycles. The van der Waals surface area contributed by atoms with E-state index in [9.17, 15) is 4.39 Å². The van der Waals surface area contributed by atoms with Crippen molar-refractivity contribution >= 4 is 28.3 Å². The van der Waals surface area contributed by atoms with Gasteiger partial charge in [0.1, 0.15) is 23.1 Å². The average Bonchev–Trinajstić information content (AvgIpc) is 2.70. The SMILES string of the molecule is CNc1nc(-c2cnccn2)nc2ccc(-c3cc(Cl)ccc3F)c(F)c12. The van der Waals surface area contributed by atoms with Crippen LogP contribution in [0.25, 0.3) is 33.5 Å². The first-order valence-electron chi connectivity index (χ1n) is 7.98. The lowest BCUT2D eigenvalue weighted by Crippen LogP contribution is -2.02. The summed E-state index contributed by atoms with van der Waals surface area (Å²) in [4.78, 5) is 16.9. The van der Waals surface area contributed by atoms with Crippen LogP contribution in [0.15, 0.2) is 48.9 Å². The van der Waals surface area contributed by atoms with Crippen molar-refractivity contribution in [1.82, 2.24) is 19.9 Å². The number of aromatic nitrogens is 4. The third-order valence-corrected chi connectivity index (χ3v) is 4.28. The second-order valence-corrected chi connectivity index (χ2v) is 6.12. The Morgan fingerprint density at radius 2 is 1.85 bits per heavy atom. The quantitative estimate of drug-likeness (QED) is 0.554. The summed E-state index contributed by atoms with van der Waals surface area (Å²) in [5.41, 5.74) is 0.969. The van der Waals surface area contributed by atoms with E-state index in [0.717, 1.165) is 0 Å². The molecule has 134 valence electrons. The van der Waals surface area contributed by atoms with Crippen molar-refractivity contribution in [3.05, 3.63) is 65.6 Å². The maximum Gasteiger partial charge on any atom is 0.182 e. The van der Waals surface area contributed by atoms with Crippen LogP contribution in [0.5, 0.6) is 0 Å². The van der Waals surface area contributed by atoms with Gasteiger partial charge in [-0.15, -0.1) is 0 Å². The fourth-order valence-electron chi connectivity index (χ4n) is 2.81. The van der Waals surface area contributed by atoms with E-state index in [4.69, 9.17) is 11.6 Å². The summed E-state index contributed by atoms with van der Waals surface area (Å²) in [6.07, 6.45) is 4.58. The van der Waals surface area contributed by atoms with Crippen molar-refractivity contribution in [3.8, 4) is 22.6 Å². The molecule has 0 aliphatic carbocycles. The van der Waals surface area contributed by atoms with Gasteiger partial charge in [-0.3, -0.25) is 4.98 Å². The molecule has 5 nitrogen and oxygen atoms in total. The van der Waals surface area contributed by atoms with Crippen molar-refractivity contribution in [2.75, 3.05) is 12.4 Å². The van der Waals surface area contributed by atoms with Crippen LogP contribution in [0.2, 0.25) is 5.02 Å². The molecule has 0 aliphatic heterocycles. The van der Waals surface area contributed by atoms with Gasteiger partial charge in [0, 0.05) is 35.6 Å². The van der Waals surface area contributed by atoms with Crippen LogP contribution in [0.4, 0.5) is 14.6 Å². The summed E-state index contributed by atoms with van der Waals surface area (Å²) in [7, 11) is 1.62. The van der Waals surface area contributed by atoms with Gasteiger partial charge in [-0.25, -0.2) is 23.7 Å². The number of rotatable bonds is 3. The number of nitrogens with zero attached hydrogens (tertiary/aromatic N) is 4. The number of fused-ring (bicyclic) bond motifs is 1. The Kier molecular flexibility index (Phi) is 4.37. The molecule has 4 rings (SSSR count). The predicted octanol–water partition coefficient (Wildman–Crippen LogP) is 4.73. The van der Waals surface area contributed by atoms with Gasteiger partial charge in [-0.2, -0.15) is 0 Å². The van der Waals surface area contributed by atoms with E-state index in [2.05, 4.69) is 25.3 Å². The van der Waals surface area contributed by atoms with E-state index >= 15 is 4.39 Å². The lowest BCUT2D eigenvalue weighted by atomic mass is 10.0. The van der Waals surface area contributed by atoms with Crippen LogP contribution in [0.1, 0.15) is 0 Å². The van der Waals surface area contributed by atoms with Gasteiger partial charge in [0.25, 0.3) is 0 Å². The average molecular weight is 384 g/mol. The first kappa shape index (κ1) is 17.2. The van der Waals surface area contributed by atoms with Crippen molar-refractivity contribution in [3.63, 3.8) is 0 Å². The summed E-state index contributed by atoms with van der Waals surface area (Å²) in [5, 5.41) is 3.34. The van der Waals surface area contributed by atoms with Crippen molar-refractivity contribution < 1.29 is 8.78 Å². The molecular formula is C19H12ClF2N5. The second kappa shape index (κ2) is 6.85. The first-order chi connectivity index (χ1) is 13.1. The molecule has 0 saturated heterocycles. The zero-order valence-corrected chi connectivity index (χ0v) is 14.8. The molecule has 2 heterocycles. The Balaban J connectivity index is 1.97. The monoisotopic (exact) mass is 383 g/mol. The highest BCUT2D eigenvalue weighted by Crippen LogP contribution is 2.34. The van der Waals surface area contributed by atoms with E-state index < -0.39 is 11.6 Å². The standard InChI is InChI=1S/C19H12ClF2N5/c1-23-19-16-14(26-18(27-19)15-9-24-6-7-25-15)5-3-11(17(16)22)12-8-10(20)2-4-13(12)21/h2-9H,1H3,(H,23,26,27). The van der Waals surface area contributed by atoms with Gasteiger partial charge < -0.3 is 5.32 Å². The van der Waals surface area contributed by atoms with Crippen LogP contribution in [-0.4, -0.2) is 27.0 Å². The Bertz CT molecular complexity index is 1150. The molecule has 0 saturated carbocycles. The smallest absolute Gasteiger partial charge is 0.182 e. The first-order valence-corrected chi connectivity index (χ1v) is 8.36. The van der Waals surface area contributed by atoms with Crippen LogP contribution in [0, 0.1) is 11.6 Å². The Morgan fingerprint density at radius 1 is 1.00 bits per heavy atom. The molecule has 0 spiro atoms. The molecule has 4 aromatic rings. The third kappa shape index (κ3) is 3.06. The minimum absolute atomic E-state index is 0.0713. The predicted molar refractivity (Wildman–Crippen MR) is 100 cm³/mol. The molecule has 1 N–H and O–H groups in total. The summed E-state index contributed by atoms with van der Waals surface area (Å²) < 4.78 is 29.5. The normalized spacial score (nSPS) is 11.0. The maximum atomic E-state index is 15.3. The van der Waals surface area contributed by atoms with E-state index in [-0.39, 0.29) is 22.3 Å². The number of hydrogen-bond donors (Lipinski definition) is 1. The summed E-state index contributed by atoms with van der Waals surface area (Å²) >= 11 is 5.95. The molecule has 0 fully saturated rings. The van der Waals surface area contributed by atoms with Crippen LogP contribution >= 0.6 is 11.6 Å². The third-order valence-electron chi connectivity index (χ3n) is 4.05. The van der Waals surface area contributed by atoms with Crippen LogP contribution in [-0.2, 0) is 0 Å². The summed E-state index contributed by atoms with van der Waals surface area (Å²) in [6, 6.07) is 7.08. The van der Waals surface area contributed by atoms with E-state index in [1.807, 2.05) is 0 Å². The minimum Gasteiger partial charge on any atom is -0.372 e. The minimum atomic E-state index is -0.635. The molecule has 0 bridgehead atoms. The Morgan fingerprint density at radius 3 is 2.59 bits per heavy atom. The molecule has 0 radical (unpaired) electrons. The molecular weight excluding hydrogens is 372 g/mol. The molecule has 2 aromatic heterocycles. The van der Waals surface area contributed by atoms with Crippen molar-refractivity contribution in [2.24, 2.45) is 0 Å². The highest BCUT2D eigenvalue weighted by Gasteiger charge is 2.19. The number of halogens is 3. The second-order valence-electron chi connectivity index (χ2n) is 5.68. The Hall–Kier alpha value is -3.19. The molecule has 27 heavy (non-hydrogen) atoms. The molecule has 0 amide bonds. The molecule has 0 unspecified atom stereocenters. The number of anilines is 1. The molecule has 0 atom stereocenters.